The van der Waals surface area contributed by atoms with Gasteiger partial charge in [0.1, 0.15) is 17.7 Å². The molecule has 0 saturated carbocycles. The molecule has 1 aliphatic rings. The van der Waals surface area contributed by atoms with Crippen LogP contribution in [0.25, 0.3) is 0 Å². The summed E-state index contributed by atoms with van der Waals surface area (Å²) >= 11 is 0. The second-order valence-electron chi connectivity index (χ2n) is 5.69. The van der Waals surface area contributed by atoms with Crippen molar-refractivity contribution in [2.24, 2.45) is 5.92 Å². The van der Waals surface area contributed by atoms with E-state index in [4.69, 9.17) is 0 Å². The van der Waals surface area contributed by atoms with Crippen molar-refractivity contribution in [3.8, 4) is 6.07 Å². The van der Waals surface area contributed by atoms with Gasteiger partial charge in [-0.2, -0.15) is 5.26 Å². The molecule has 5 nitrogen and oxygen atoms in total. The second kappa shape index (κ2) is 6.44. The van der Waals surface area contributed by atoms with Gasteiger partial charge in [0.05, 0.1) is 5.56 Å². The molecule has 0 radical (unpaired) electrons. The lowest BCUT2D eigenvalue weighted by molar-refractivity contribution is 0.621. The van der Waals surface area contributed by atoms with E-state index in [1.807, 2.05) is 18.3 Å². The van der Waals surface area contributed by atoms with Crippen LogP contribution in [0, 0.1) is 24.2 Å². The second-order valence-corrected chi connectivity index (χ2v) is 5.69. The number of nitriles is 1. The SMILES string of the molecule is Cc1ccnc(NC[C@@H]2CCN(c3ncccc3C#N)C2)c1. The predicted octanol–water partition coefficient (Wildman–Crippen LogP) is 2.60. The monoisotopic (exact) mass is 293 g/mol. The summed E-state index contributed by atoms with van der Waals surface area (Å²) in [5.41, 5.74) is 1.86. The van der Waals surface area contributed by atoms with Crippen molar-refractivity contribution in [3.05, 3.63) is 47.8 Å². The molecule has 1 atom stereocenters. The minimum Gasteiger partial charge on any atom is -0.370 e. The van der Waals surface area contributed by atoms with Crippen LogP contribution in [0.3, 0.4) is 0 Å². The first-order valence-electron chi connectivity index (χ1n) is 7.53. The van der Waals surface area contributed by atoms with Crippen LogP contribution in [-0.4, -0.2) is 29.6 Å². The molecule has 3 heterocycles. The molecular weight excluding hydrogens is 274 g/mol. The topological polar surface area (TPSA) is 64.8 Å². The van der Waals surface area contributed by atoms with E-state index in [0.29, 0.717) is 11.5 Å². The van der Waals surface area contributed by atoms with E-state index in [1.54, 1.807) is 12.3 Å². The number of hydrogen-bond acceptors (Lipinski definition) is 5. The van der Waals surface area contributed by atoms with E-state index in [9.17, 15) is 5.26 Å². The molecule has 1 N–H and O–H groups in total. The maximum absolute atomic E-state index is 9.19. The molecular formula is C17H19N5. The molecule has 0 unspecified atom stereocenters. The highest BCUT2D eigenvalue weighted by Gasteiger charge is 2.24. The van der Waals surface area contributed by atoms with Gasteiger partial charge < -0.3 is 10.2 Å². The summed E-state index contributed by atoms with van der Waals surface area (Å²) in [4.78, 5) is 10.9. The molecule has 22 heavy (non-hydrogen) atoms. The van der Waals surface area contributed by atoms with E-state index < -0.39 is 0 Å². The first-order chi connectivity index (χ1) is 10.8. The van der Waals surface area contributed by atoms with Gasteiger partial charge in [0, 0.05) is 32.0 Å². The number of aromatic nitrogens is 2. The number of aryl methyl sites for hydroxylation is 1. The van der Waals surface area contributed by atoms with Gasteiger partial charge in [-0.25, -0.2) is 9.97 Å². The molecule has 0 spiro atoms. The van der Waals surface area contributed by atoms with Crippen LogP contribution in [0.2, 0.25) is 0 Å². The Labute approximate surface area is 130 Å². The van der Waals surface area contributed by atoms with Gasteiger partial charge in [-0.05, 0) is 49.1 Å². The van der Waals surface area contributed by atoms with Crippen LogP contribution >= 0.6 is 0 Å². The minimum atomic E-state index is 0.538. The molecule has 0 amide bonds. The number of nitrogens with one attached hydrogen (secondary N) is 1. The largest absolute Gasteiger partial charge is 0.370 e. The maximum Gasteiger partial charge on any atom is 0.146 e. The molecule has 2 aromatic rings. The van der Waals surface area contributed by atoms with Crippen molar-refractivity contribution in [1.82, 2.24) is 9.97 Å². The summed E-state index contributed by atoms with van der Waals surface area (Å²) in [6, 6.07) is 9.90. The van der Waals surface area contributed by atoms with E-state index in [1.165, 1.54) is 5.56 Å². The highest BCUT2D eigenvalue weighted by Crippen LogP contribution is 2.24. The fraction of sp³-hybridized carbons (Fsp3) is 0.353. The normalized spacial score (nSPS) is 17.3. The molecule has 1 saturated heterocycles. The molecule has 1 aliphatic heterocycles. The quantitative estimate of drug-likeness (QED) is 0.938. The van der Waals surface area contributed by atoms with Gasteiger partial charge in [0.2, 0.25) is 0 Å². The average molecular weight is 293 g/mol. The van der Waals surface area contributed by atoms with Crippen molar-refractivity contribution in [2.75, 3.05) is 29.9 Å². The third kappa shape index (κ3) is 3.17. The van der Waals surface area contributed by atoms with Crippen LogP contribution < -0.4 is 10.2 Å². The Kier molecular flexibility index (Phi) is 4.19. The highest BCUT2D eigenvalue weighted by molar-refractivity contribution is 5.54. The molecule has 5 heteroatoms. The summed E-state index contributed by atoms with van der Waals surface area (Å²) in [5, 5.41) is 12.6. The summed E-state index contributed by atoms with van der Waals surface area (Å²) in [6.07, 6.45) is 4.67. The van der Waals surface area contributed by atoms with Crippen LogP contribution in [0.1, 0.15) is 17.5 Å². The van der Waals surface area contributed by atoms with Crippen LogP contribution in [0.15, 0.2) is 36.7 Å². The van der Waals surface area contributed by atoms with Crippen molar-refractivity contribution < 1.29 is 0 Å². The van der Waals surface area contributed by atoms with Gasteiger partial charge >= 0.3 is 0 Å². The van der Waals surface area contributed by atoms with E-state index in [2.05, 4.69) is 39.2 Å². The summed E-state index contributed by atoms with van der Waals surface area (Å²) < 4.78 is 0. The zero-order valence-corrected chi connectivity index (χ0v) is 12.7. The van der Waals surface area contributed by atoms with E-state index in [0.717, 1.165) is 37.7 Å². The molecule has 0 aromatic carbocycles. The van der Waals surface area contributed by atoms with Crippen molar-refractivity contribution in [3.63, 3.8) is 0 Å². The first-order valence-corrected chi connectivity index (χ1v) is 7.53. The third-order valence-electron chi connectivity index (χ3n) is 3.98. The Hall–Kier alpha value is -2.61. The number of anilines is 2. The first kappa shape index (κ1) is 14.3. The van der Waals surface area contributed by atoms with Crippen LogP contribution in [0.5, 0.6) is 0 Å². The van der Waals surface area contributed by atoms with Gasteiger partial charge in [-0.1, -0.05) is 0 Å². The standard InChI is InChI=1S/C17H19N5/c1-13-4-7-19-16(9-13)21-11-14-5-8-22(12-14)17-15(10-18)3-2-6-20-17/h2-4,6-7,9,14H,5,8,11-12H2,1H3,(H,19,21)/t14-/m0/s1. The van der Waals surface area contributed by atoms with E-state index >= 15 is 0 Å². The van der Waals surface area contributed by atoms with Crippen molar-refractivity contribution in [2.45, 2.75) is 13.3 Å². The summed E-state index contributed by atoms with van der Waals surface area (Å²) in [6.45, 7) is 4.82. The Morgan fingerprint density at radius 1 is 1.36 bits per heavy atom. The van der Waals surface area contributed by atoms with E-state index in [-0.39, 0.29) is 0 Å². The van der Waals surface area contributed by atoms with Crippen molar-refractivity contribution in [1.29, 1.82) is 5.26 Å². The van der Waals surface area contributed by atoms with Gasteiger partial charge in [-0.15, -0.1) is 0 Å². The summed E-state index contributed by atoms with van der Waals surface area (Å²) in [5.74, 6) is 2.27. The van der Waals surface area contributed by atoms with Gasteiger partial charge in [0.25, 0.3) is 0 Å². The Morgan fingerprint density at radius 2 is 2.27 bits per heavy atom. The number of nitrogens with zero attached hydrogens (tertiary/aromatic N) is 4. The number of pyridine rings is 2. The van der Waals surface area contributed by atoms with Crippen molar-refractivity contribution >= 4 is 11.6 Å². The summed E-state index contributed by atoms with van der Waals surface area (Å²) in [7, 11) is 0. The fourth-order valence-corrected chi connectivity index (χ4v) is 2.81. The third-order valence-corrected chi connectivity index (χ3v) is 3.98. The molecule has 112 valence electrons. The Morgan fingerprint density at radius 3 is 3.09 bits per heavy atom. The van der Waals surface area contributed by atoms with Crippen LogP contribution in [0.4, 0.5) is 11.6 Å². The lowest BCUT2D eigenvalue weighted by Gasteiger charge is -2.18. The molecule has 1 fully saturated rings. The maximum atomic E-state index is 9.19. The average Bonchev–Trinajstić information content (AvgIpc) is 3.02. The Bertz CT molecular complexity index is 691. The Balaban J connectivity index is 1.60. The lowest BCUT2D eigenvalue weighted by Crippen LogP contribution is -2.24. The lowest BCUT2D eigenvalue weighted by atomic mass is 10.1. The van der Waals surface area contributed by atoms with Gasteiger partial charge in [-0.3, -0.25) is 0 Å². The zero-order chi connectivity index (χ0) is 15.4. The predicted molar refractivity (Wildman–Crippen MR) is 86.7 cm³/mol. The zero-order valence-electron chi connectivity index (χ0n) is 12.7. The van der Waals surface area contributed by atoms with Gasteiger partial charge in [0.15, 0.2) is 0 Å². The highest BCUT2D eigenvalue weighted by atomic mass is 15.2. The molecule has 3 rings (SSSR count). The number of hydrogen-bond donors (Lipinski definition) is 1. The molecule has 2 aromatic heterocycles. The fourth-order valence-electron chi connectivity index (χ4n) is 2.81. The minimum absolute atomic E-state index is 0.538. The molecule has 0 bridgehead atoms. The molecule has 0 aliphatic carbocycles. The smallest absolute Gasteiger partial charge is 0.146 e. The number of rotatable bonds is 4. The van der Waals surface area contributed by atoms with Crippen LogP contribution in [-0.2, 0) is 0 Å².